The second kappa shape index (κ2) is 5.65. The Bertz CT molecular complexity index is 341. The van der Waals surface area contributed by atoms with Crippen molar-refractivity contribution in [2.24, 2.45) is 0 Å². The first-order valence-corrected chi connectivity index (χ1v) is 7.86. The smallest absolute Gasteiger partial charge is 0.216 e. The van der Waals surface area contributed by atoms with Gasteiger partial charge in [-0.15, -0.1) is 0 Å². The van der Waals surface area contributed by atoms with Crippen molar-refractivity contribution in [1.29, 1.82) is 0 Å². The van der Waals surface area contributed by atoms with Gasteiger partial charge in [-0.1, -0.05) is 12.8 Å². The molecule has 5 nitrogen and oxygen atoms in total. The lowest BCUT2D eigenvalue weighted by molar-refractivity contribution is -0.0587. The molecule has 1 heterocycles. The molecule has 0 spiro atoms. The Hall–Kier alpha value is -0.170. The lowest BCUT2D eigenvalue weighted by Crippen LogP contribution is -2.55. The number of nitrogens with zero attached hydrogens (tertiary/aromatic N) is 1. The Morgan fingerprint density at radius 3 is 2.88 bits per heavy atom. The van der Waals surface area contributed by atoms with E-state index in [1.54, 1.807) is 4.31 Å². The van der Waals surface area contributed by atoms with Crippen molar-refractivity contribution in [3.05, 3.63) is 0 Å². The van der Waals surface area contributed by atoms with Crippen LogP contribution in [0.25, 0.3) is 0 Å². The van der Waals surface area contributed by atoms with Crippen LogP contribution in [0.15, 0.2) is 0 Å². The van der Waals surface area contributed by atoms with E-state index < -0.39 is 10.0 Å². The zero-order valence-corrected chi connectivity index (χ0v) is 11.1. The van der Waals surface area contributed by atoms with E-state index in [9.17, 15) is 8.42 Å². The molecule has 17 heavy (non-hydrogen) atoms. The van der Waals surface area contributed by atoms with Crippen LogP contribution >= 0.6 is 0 Å². The highest BCUT2D eigenvalue weighted by molar-refractivity contribution is 7.89. The fourth-order valence-corrected chi connectivity index (χ4v) is 4.33. The standard InChI is InChI=1S/C11H21NO4S/c1-15-8-9-17(13,14)12-6-7-16-11-5-3-2-4-10(11)12/h10-11H,2-9H2,1H3/t10-,11+/m0/s1. The van der Waals surface area contributed by atoms with Crippen molar-refractivity contribution in [1.82, 2.24) is 4.31 Å². The summed E-state index contributed by atoms with van der Waals surface area (Å²) in [6.07, 6.45) is 4.26. The van der Waals surface area contributed by atoms with Crippen molar-refractivity contribution < 1.29 is 17.9 Å². The molecule has 0 aromatic heterocycles. The summed E-state index contributed by atoms with van der Waals surface area (Å²) in [4.78, 5) is 0. The van der Waals surface area contributed by atoms with Crippen molar-refractivity contribution in [3.63, 3.8) is 0 Å². The summed E-state index contributed by atoms with van der Waals surface area (Å²) in [6.45, 7) is 1.28. The highest BCUT2D eigenvalue weighted by Crippen LogP contribution is 2.30. The third kappa shape index (κ3) is 2.99. The molecule has 2 rings (SSSR count). The van der Waals surface area contributed by atoms with E-state index >= 15 is 0 Å². The molecule has 2 aliphatic rings. The summed E-state index contributed by atoms with van der Waals surface area (Å²) >= 11 is 0. The fourth-order valence-electron chi connectivity index (χ4n) is 2.71. The molecule has 2 atom stereocenters. The maximum atomic E-state index is 12.2. The number of ether oxygens (including phenoxy) is 2. The Morgan fingerprint density at radius 1 is 1.35 bits per heavy atom. The van der Waals surface area contributed by atoms with Crippen molar-refractivity contribution >= 4 is 10.0 Å². The highest BCUT2D eigenvalue weighted by Gasteiger charge is 2.39. The summed E-state index contributed by atoms with van der Waals surface area (Å²) in [5.74, 6) is 0.0761. The molecule has 0 N–H and O–H groups in total. The minimum atomic E-state index is -3.19. The number of hydrogen-bond donors (Lipinski definition) is 0. The maximum Gasteiger partial charge on any atom is 0.216 e. The van der Waals surface area contributed by atoms with Crippen molar-refractivity contribution in [3.8, 4) is 0 Å². The molecule has 1 aliphatic carbocycles. The largest absolute Gasteiger partial charge is 0.384 e. The SMILES string of the molecule is COCCS(=O)(=O)N1CCO[C@@H]2CCCC[C@@H]21. The predicted octanol–water partition coefficient (Wildman–Crippen LogP) is 0.606. The lowest BCUT2D eigenvalue weighted by Gasteiger charge is -2.42. The van der Waals surface area contributed by atoms with Crippen LogP contribution in [0, 0.1) is 0 Å². The summed E-state index contributed by atoms with van der Waals surface area (Å²) in [5.41, 5.74) is 0. The van der Waals surface area contributed by atoms with Crippen LogP contribution in [0.2, 0.25) is 0 Å². The van der Waals surface area contributed by atoms with Gasteiger partial charge in [-0.2, -0.15) is 4.31 Å². The van der Waals surface area contributed by atoms with E-state index in [-0.39, 0.29) is 24.5 Å². The van der Waals surface area contributed by atoms with Gasteiger partial charge in [-0.3, -0.25) is 0 Å². The lowest BCUT2D eigenvalue weighted by atomic mass is 9.91. The predicted molar refractivity (Wildman–Crippen MR) is 64.4 cm³/mol. The molecule has 0 aromatic rings. The van der Waals surface area contributed by atoms with Gasteiger partial charge < -0.3 is 9.47 Å². The first kappa shape index (κ1) is 13.3. The molecule has 0 aromatic carbocycles. The number of fused-ring (bicyclic) bond motifs is 1. The average Bonchev–Trinajstić information content (AvgIpc) is 2.36. The topological polar surface area (TPSA) is 55.8 Å². The Morgan fingerprint density at radius 2 is 2.12 bits per heavy atom. The van der Waals surface area contributed by atoms with Gasteiger partial charge in [-0.25, -0.2) is 8.42 Å². The third-order valence-corrected chi connectivity index (χ3v) is 5.43. The van der Waals surface area contributed by atoms with Crippen LogP contribution in [-0.2, 0) is 19.5 Å². The minimum absolute atomic E-state index is 0.0550. The van der Waals surface area contributed by atoms with Crippen LogP contribution in [0.3, 0.4) is 0 Å². The van der Waals surface area contributed by atoms with Gasteiger partial charge in [-0.05, 0) is 12.8 Å². The summed E-state index contributed by atoms with van der Waals surface area (Å²) in [7, 11) is -1.66. The first-order chi connectivity index (χ1) is 8.15. The molecule has 0 unspecified atom stereocenters. The second-order valence-electron chi connectivity index (χ2n) is 4.68. The summed E-state index contributed by atoms with van der Waals surface area (Å²) in [6, 6.07) is 0.0550. The second-order valence-corrected chi connectivity index (χ2v) is 6.72. The molecule has 1 aliphatic heterocycles. The van der Waals surface area contributed by atoms with Crippen molar-refractivity contribution in [2.75, 3.05) is 32.6 Å². The molecule has 0 radical (unpaired) electrons. The maximum absolute atomic E-state index is 12.2. The van der Waals surface area contributed by atoms with E-state index in [4.69, 9.17) is 9.47 Å². The normalized spacial score (nSPS) is 31.1. The van der Waals surface area contributed by atoms with Gasteiger partial charge in [0.05, 0.1) is 31.1 Å². The van der Waals surface area contributed by atoms with E-state index in [1.807, 2.05) is 0 Å². The molecular formula is C11H21NO4S. The van der Waals surface area contributed by atoms with Gasteiger partial charge >= 0.3 is 0 Å². The van der Waals surface area contributed by atoms with Crippen LogP contribution in [-0.4, -0.2) is 57.5 Å². The van der Waals surface area contributed by atoms with Gasteiger partial charge in [0.15, 0.2) is 0 Å². The minimum Gasteiger partial charge on any atom is -0.384 e. The Labute approximate surface area is 103 Å². The molecule has 0 bridgehead atoms. The van der Waals surface area contributed by atoms with E-state index in [1.165, 1.54) is 7.11 Å². The Balaban J connectivity index is 2.07. The van der Waals surface area contributed by atoms with Gasteiger partial charge in [0.25, 0.3) is 0 Å². The molecule has 1 saturated carbocycles. The third-order valence-electron chi connectivity index (χ3n) is 3.58. The molecule has 0 amide bonds. The van der Waals surface area contributed by atoms with E-state index in [2.05, 4.69) is 0 Å². The number of sulfonamides is 1. The first-order valence-electron chi connectivity index (χ1n) is 6.25. The van der Waals surface area contributed by atoms with Gasteiger partial charge in [0.1, 0.15) is 0 Å². The molecule has 6 heteroatoms. The zero-order valence-electron chi connectivity index (χ0n) is 10.3. The number of morpholine rings is 1. The van der Waals surface area contributed by atoms with Gasteiger partial charge in [0, 0.05) is 13.7 Å². The number of hydrogen-bond acceptors (Lipinski definition) is 4. The zero-order chi connectivity index (χ0) is 12.3. The highest BCUT2D eigenvalue weighted by atomic mass is 32.2. The monoisotopic (exact) mass is 263 g/mol. The van der Waals surface area contributed by atoms with Crippen molar-refractivity contribution in [2.45, 2.75) is 37.8 Å². The van der Waals surface area contributed by atoms with Crippen LogP contribution in [0.1, 0.15) is 25.7 Å². The average molecular weight is 263 g/mol. The number of methoxy groups -OCH3 is 1. The van der Waals surface area contributed by atoms with E-state index in [0.29, 0.717) is 13.2 Å². The van der Waals surface area contributed by atoms with Crippen LogP contribution < -0.4 is 0 Å². The molecule has 1 saturated heterocycles. The molecular weight excluding hydrogens is 242 g/mol. The quantitative estimate of drug-likeness (QED) is 0.745. The molecule has 2 fully saturated rings. The summed E-state index contributed by atoms with van der Waals surface area (Å²) < 4.78 is 36.6. The van der Waals surface area contributed by atoms with E-state index in [0.717, 1.165) is 25.7 Å². The molecule has 100 valence electrons. The Kier molecular flexibility index (Phi) is 4.41. The summed E-state index contributed by atoms with van der Waals surface area (Å²) in [5, 5.41) is 0. The van der Waals surface area contributed by atoms with Gasteiger partial charge in [0.2, 0.25) is 10.0 Å². The fraction of sp³-hybridized carbons (Fsp3) is 1.00. The van der Waals surface area contributed by atoms with Crippen LogP contribution in [0.5, 0.6) is 0 Å². The van der Waals surface area contributed by atoms with Crippen LogP contribution in [0.4, 0.5) is 0 Å². The number of rotatable bonds is 4.